The second-order valence-corrected chi connectivity index (χ2v) is 8.14. The molecule has 8 heteroatoms. The van der Waals surface area contributed by atoms with Gasteiger partial charge < -0.3 is 10.2 Å². The van der Waals surface area contributed by atoms with Crippen LogP contribution in [-0.2, 0) is 14.4 Å². The standard InChI is InChI=1S/C22H21ClN2O5/c1-2-10-22(21(29)30)17-16(18(24-22)14-8-3-4-9-15(14)26)19(27)25(20(17)28)13-7-5-6-12(23)11-13/h3-9,11,16-18,24,26H,2,10H2,1H3,(H,29,30)/t16-,17+,18+,22-/m0/s1. The van der Waals surface area contributed by atoms with Crippen molar-refractivity contribution in [3.05, 3.63) is 59.1 Å². The Morgan fingerprint density at radius 1 is 1.17 bits per heavy atom. The molecule has 0 unspecified atom stereocenters. The third-order valence-electron chi connectivity index (χ3n) is 6.02. The van der Waals surface area contributed by atoms with Crippen LogP contribution in [0, 0.1) is 11.8 Å². The number of nitrogens with zero attached hydrogens (tertiary/aromatic N) is 1. The molecule has 4 atom stereocenters. The van der Waals surface area contributed by atoms with Crippen LogP contribution in [0.4, 0.5) is 5.69 Å². The van der Waals surface area contributed by atoms with E-state index < -0.39 is 41.2 Å². The minimum Gasteiger partial charge on any atom is -0.508 e. The van der Waals surface area contributed by atoms with Gasteiger partial charge in [-0.15, -0.1) is 0 Å². The van der Waals surface area contributed by atoms with Gasteiger partial charge in [0, 0.05) is 16.6 Å². The summed E-state index contributed by atoms with van der Waals surface area (Å²) in [7, 11) is 0. The van der Waals surface area contributed by atoms with Crippen molar-refractivity contribution in [1.29, 1.82) is 0 Å². The number of nitrogens with one attached hydrogen (secondary N) is 1. The molecule has 0 bridgehead atoms. The van der Waals surface area contributed by atoms with Gasteiger partial charge in [-0.3, -0.25) is 19.7 Å². The molecule has 2 saturated heterocycles. The molecule has 30 heavy (non-hydrogen) atoms. The summed E-state index contributed by atoms with van der Waals surface area (Å²) in [6.45, 7) is 1.82. The number of amides is 2. The van der Waals surface area contributed by atoms with Gasteiger partial charge in [-0.2, -0.15) is 0 Å². The molecule has 2 fully saturated rings. The Hall–Kier alpha value is -2.90. The zero-order valence-corrected chi connectivity index (χ0v) is 17.0. The maximum Gasteiger partial charge on any atom is 0.324 e. The van der Waals surface area contributed by atoms with Crippen molar-refractivity contribution in [1.82, 2.24) is 5.32 Å². The van der Waals surface area contributed by atoms with Crippen LogP contribution in [-0.4, -0.2) is 33.5 Å². The smallest absolute Gasteiger partial charge is 0.324 e. The average molecular weight is 429 g/mol. The fourth-order valence-electron chi connectivity index (χ4n) is 4.82. The molecule has 2 amide bonds. The number of hydrogen-bond acceptors (Lipinski definition) is 5. The van der Waals surface area contributed by atoms with E-state index in [2.05, 4.69) is 5.32 Å². The lowest BCUT2D eigenvalue weighted by Crippen LogP contribution is -2.55. The minimum absolute atomic E-state index is 0.0621. The predicted octanol–water partition coefficient (Wildman–Crippen LogP) is 3.12. The summed E-state index contributed by atoms with van der Waals surface area (Å²) >= 11 is 6.05. The SMILES string of the molecule is CCC[C@]1(C(=O)O)N[C@H](c2ccccc2O)[C@H]2C(=O)N(c3cccc(Cl)c3)C(=O)[C@@H]21. The zero-order chi connectivity index (χ0) is 21.6. The number of hydrogen-bond donors (Lipinski definition) is 3. The van der Waals surface area contributed by atoms with Gasteiger partial charge in [0.25, 0.3) is 0 Å². The largest absolute Gasteiger partial charge is 0.508 e. The lowest BCUT2D eigenvalue weighted by molar-refractivity contribution is -0.149. The van der Waals surface area contributed by atoms with Crippen molar-refractivity contribution in [2.45, 2.75) is 31.3 Å². The molecule has 156 valence electrons. The molecule has 0 spiro atoms. The zero-order valence-electron chi connectivity index (χ0n) is 16.2. The molecule has 0 aromatic heterocycles. The number of rotatable bonds is 5. The second-order valence-electron chi connectivity index (χ2n) is 7.70. The van der Waals surface area contributed by atoms with Crippen molar-refractivity contribution in [2.75, 3.05) is 4.90 Å². The molecule has 0 saturated carbocycles. The summed E-state index contributed by atoms with van der Waals surface area (Å²) in [5.74, 6) is -4.40. The fraction of sp³-hybridized carbons (Fsp3) is 0.318. The molecule has 2 heterocycles. The van der Waals surface area contributed by atoms with Crippen LogP contribution in [0.5, 0.6) is 5.75 Å². The predicted molar refractivity (Wildman–Crippen MR) is 110 cm³/mol. The van der Waals surface area contributed by atoms with Crippen LogP contribution >= 0.6 is 11.6 Å². The van der Waals surface area contributed by atoms with Crippen molar-refractivity contribution >= 4 is 35.1 Å². The number of fused-ring (bicyclic) bond motifs is 1. The van der Waals surface area contributed by atoms with Gasteiger partial charge in [0.1, 0.15) is 11.3 Å². The second kappa shape index (κ2) is 7.41. The van der Waals surface area contributed by atoms with E-state index in [0.29, 0.717) is 22.7 Å². The molecular weight excluding hydrogens is 408 g/mol. The van der Waals surface area contributed by atoms with E-state index in [-0.39, 0.29) is 12.2 Å². The van der Waals surface area contributed by atoms with E-state index in [1.807, 2.05) is 6.92 Å². The summed E-state index contributed by atoms with van der Waals surface area (Å²) in [5.41, 5.74) is -0.925. The van der Waals surface area contributed by atoms with E-state index in [1.165, 1.54) is 12.1 Å². The summed E-state index contributed by atoms with van der Waals surface area (Å²) in [6.07, 6.45) is 0.657. The quantitative estimate of drug-likeness (QED) is 0.632. The first-order valence-corrected chi connectivity index (χ1v) is 10.1. The van der Waals surface area contributed by atoms with E-state index in [0.717, 1.165) is 4.90 Å². The van der Waals surface area contributed by atoms with Crippen LogP contribution in [0.25, 0.3) is 0 Å². The number of carbonyl (C=O) groups is 3. The van der Waals surface area contributed by atoms with Crippen molar-refractivity contribution in [2.24, 2.45) is 11.8 Å². The number of phenols is 1. The average Bonchev–Trinajstić information content (AvgIpc) is 3.17. The topological polar surface area (TPSA) is 107 Å². The van der Waals surface area contributed by atoms with Crippen molar-refractivity contribution in [3.63, 3.8) is 0 Å². The van der Waals surface area contributed by atoms with Crippen LogP contribution in [0.3, 0.4) is 0 Å². The summed E-state index contributed by atoms with van der Waals surface area (Å²) in [6, 6.07) is 12.0. The summed E-state index contributed by atoms with van der Waals surface area (Å²) in [4.78, 5) is 40.4. The third kappa shape index (κ3) is 2.88. The minimum atomic E-state index is -1.62. The molecule has 2 aromatic rings. The highest BCUT2D eigenvalue weighted by molar-refractivity contribution is 6.31. The Balaban J connectivity index is 1.88. The number of halogens is 1. The third-order valence-corrected chi connectivity index (χ3v) is 6.25. The lowest BCUT2D eigenvalue weighted by atomic mass is 9.77. The maximum absolute atomic E-state index is 13.5. The highest BCUT2D eigenvalue weighted by Crippen LogP contribution is 2.52. The van der Waals surface area contributed by atoms with Gasteiger partial charge in [-0.1, -0.05) is 49.2 Å². The molecular formula is C22H21ClN2O5. The number of carboxylic acid groups (broad SMARTS) is 1. The number of para-hydroxylation sites is 1. The van der Waals surface area contributed by atoms with Gasteiger partial charge in [0.05, 0.1) is 17.5 Å². The van der Waals surface area contributed by atoms with E-state index in [9.17, 15) is 24.6 Å². The number of aliphatic carboxylic acids is 1. The summed E-state index contributed by atoms with van der Waals surface area (Å²) < 4.78 is 0. The number of aromatic hydroxyl groups is 1. The van der Waals surface area contributed by atoms with Crippen molar-refractivity contribution in [3.8, 4) is 5.75 Å². The molecule has 0 radical (unpaired) electrons. The number of carbonyl (C=O) groups excluding carboxylic acids is 2. The fourth-order valence-corrected chi connectivity index (χ4v) is 5.00. The number of imide groups is 1. The summed E-state index contributed by atoms with van der Waals surface area (Å²) in [5, 5.41) is 24.0. The lowest BCUT2D eigenvalue weighted by Gasteiger charge is -2.31. The Morgan fingerprint density at radius 3 is 2.53 bits per heavy atom. The van der Waals surface area contributed by atoms with E-state index in [1.54, 1.807) is 36.4 Å². The van der Waals surface area contributed by atoms with Crippen molar-refractivity contribution < 1.29 is 24.6 Å². The highest BCUT2D eigenvalue weighted by Gasteiger charge is 2.68. The molecule has 2 aromatic carbocycles. The number of carboxylic acids is 1. The number of phenolic OH excluding ortho intramolecular Hbond substituents is 1. The van der Waals surface area contributed by atoms with Crippen LogP contribution in [0.15, 0.2) is 48.5 Å². The molecule has 2 aliphatic rings. The molecule has 3 N–H and O–H groups in total. The first-order valence-electron chi connectivity index (χ1n) is 9.74. The van der Waals surface area contributed by atoms with Crippen LogP contribution in [0.2, 0.25) is 5.02 Å². The monoisotopic (exact) mass is 428 g/mol. The van der Waals surface area contributed by atoms with Crippen LogP contribution in [0.1, 0.15) is 31.4 Å². The molecule has 7 nitrogen and oxygen atoms in total. The Kier molecular flexibility index (Phi) is 5.03. The first kappa shape index (κ1) is 20.4. The first-order chi connectivity index (χ1) is 14.3. The van der Waals surface area contributed by atoms with Gasteiger partial charge >= 0.3 is 5.97 Å². The van der Waals surface area contributed by atoms with Crippen LogP contribution < -0.4 is 10.2 Å². The van der Waals surface area contributed by atoms with E-state index in [4.69, 9.17) is 11.6 Å². The van der Waals surface area contributed by atoms with Gasteiger partial charge in [-0.05, 0) is 30.7 Å². The van der Waals surface area contributed by atoms with Gasteiger partial charge in [0.2, 0.25) is 11.8 Å². The van der Waals surface area contributed by atoms with Gasteiger partial charge in [-0.25, -0.2) is 4.90 Å². The van der Waals surface area contributed by atoms with Gasteiger partial charge in [0.15, 0.2) is 0 Å². The van der Waals surface area contributed by atoms with E-state index >= 15 is 0 Å². The number of benzene rings is 2. The normalized spacial score (nSPS) is 28.1. The Morgan fingerprint density at radius 2 is 1.90 bits per heavy atom. The molecule has 0 aliphatic carbocycles. The molecule has 4 rings (SSSR count). The highest BCUT2D eigenvalue weighted by atomic mass is 35.5. The Labute approximate surface area is 178 Å². The number of anilines is 1. The molecule has 2 aliphatic heterocycles. The Bertz CT molecular complexity index is 1040. The maximum atomic E-state index is 13.5.